The van der Waals surface area contributed by atoms with Gasteiger partial charge in [0.25, 0.3) is 5.69 Å². The fraction of sp³-hybridized carbons (Fsp3) is 0.571. The second kappa shape index (κ2) is 5.48. The molecule has 1 aliphatic rings. The van der Waals surface area contributed by atoms with Gasteiger partial charge in [0.15, 0.2) is 0 Å². The van der Waals surface area contributed by atoms with E-state index >= 15 is 0 Å². The van der Waals surface area contributed by atoms with Crippen molar-refractivity contribution in [2.75, 3.05) is 0 Å². The molecule has 1 heterocycles. The van der Waals surface area contributed by atoms with Crippen molar-refractivity contribution in [2.24, 2.45) is 0 Å². The van der Waals surface area contributed by atoms with E-state index in [4.69, 9.17) is 4.74 Å². The van der Waals surface area contributed by atoms with Crippen LogP contribution in [0.5, 0.6) is 0 Å². The quantitative estimate of drug-likeness (QED) is 0.439. The van der Waals surface area contributed by atoms with E-state index in [1.54, 1.807) is 12.1 Å². The topological polar surface area (TPSA) is 55.7 Å². The van der Waals surface area contributed by atoms with Crippen LogP contribution in [0.4, 0.5) is 5.69 Å². The van der Waals surface area contributed by atoms with Crippen molar-refractivity contribution in [1.29, 1.82) is 0 Å². The number of non-ortho nitro benzene ring substituents is 1. The molecule has 2 rings (SSSR count). The number of benzene rings is 1. The van der Waals surface area contributed by atoms with Gasteiger partial charge in [-0.3, -0.25) is 10.1 Å². The molecule has 98 valence electrons. The third-order valence-corrected chi connectivity index (χ3v) is 3.67. The number of nitrogens with zero attached hydrogens (tertiary/aromatic N) is 1. The molecule has 3 unspecified atom stereocenters. The van der Waals surface area contributed by atoms with Gasteiger partial charge >= 0.3 is 0 Å². The molecule has 1 saturated heterocycles. The van der Waals surface area contributed by atoms with Crippen LogP contribution in [0.1, 0.15) is 44.6 Å². The van der Waals surface area contributed by atoms with E-state index in [-0.39, 0.29) is 10.6 Å². The van der Waals surface area contributed by atoms with Gasteiger partial charge in [-0.2, -0.15) is 0 Å². The molecule has 0 radical (unpaired) electrons. The summed E-state index contributed by atoms with van der Waals surface area (Å²) in [6.45, 7) is 4.28. The maximum absolute atomic E-state index is 10.6. The minimum atomic E-state index is -0.359. The summed E-state index contributed by atoms with van der Waals surface area (Å²) in [7, 11) is 0. The SMILES string of the molecule is CCC(CC1OC1CC)c1ccc([N+](=O)[O-])cc1. The third-order valence-electron chi connectivity index (χ3n) is 3.67. The van der Waals surface area contributed by atoms with Crippen LogP contribution in [0.3, 0.4) is 0 Å². The Labute approximate surface area is 107 Å². The number of rotatable bonds is 6. The summed E-state index contributed by atoms with van der Waals surface area (Å²) in [6, 6.07) is 6.91. The summed E-state index contributed by atoms with van der Waals surface area (Å²) in [5, 5.41) is 10.6. The number of nitro benzene ring substituents is 1. The van der Waals surface area contributed by atoms with E-state index in [1.165, 1.54) is 5.56 Å². The fourth-order valence-electron chi connectivity index (χ4n) is 2.43. The third kappa shape index (κ3) is 2.88. The van der Waals surface area contributed by atoms with Crippen LogP contribution in [0.25, 0.3) is 0 Å². The lowest BCUT2D eigenvalue weighted by Crippen LogP contribution is -2.04. The predicted octanol–water partition coefficient (Wildman–Crippen LogP) is 3.66. The highest BCUT2D eigenvalue weighted by Crippen LogP contribution is 2.36. The number of nitro groups is 1. The zero-order chi connectivity index (χ0) is 13.1. The van der Waals surface area contributed by atoms with Gasteiger partial charge in [-0.15, -0.1) is 0 Å². The summed E-state index contributed by atoms with van der Waals surface area (Å²) >= 11 is 0. The Hall–Kier alpha value is -1.42. The summed E-state index contributed by atoms with van der Waals surface area (Å²) in [5.74, 6) is 0.437. The Bertz CT molecular complexity index is 416. The Morgan fingerprint density at radius 1 is 1.28 bits per heavy atom. The zero-order valence-corrected chi connectivity index (χ0v) is 10.8. The summed E-state index contributed by atoms with van der Waals surface area (Å²) in [6.07, 6.45) is 3.94. The Kier molecular flexibility index (Phi) is 3.97. The molecule has 18 heavy (non-hydrogen) atoms. The minimum Gasteiger partial charge on any atom is -0.370 e. The molecule has 0 N–H and O–H groups in total. The lowest BCUT2D eigenvalue weighted by atomic mass is 9.91. The second-order valence-corrected chi connectivity index (χ2v) is 4.81. The van der Waals surface area contributed by atoms with E-state index in [9.17, 15) is 10.1 Å². The van der Waals surface area contributed by atoms with Gasteiger partial charge in [-0.1, -0.05) is 26.0 Å². The van der Waals surface area contributed by atoms with Crippen LogP contribution in [0, 0.1) is 10.1 Å². The average molecular weight is 249 g/mol. The molecule has 1 aromatic carbocycles. The van der Waals surface area contributed by atoms with Gasteiger partial charge in [0.2, 0.25) is 0 Å². The Morgan fingerprint density at radius 3 is 2.39 bits per heavy atom. The molecule has 4 nitrogen and oxygen atoms in total. The molecule has 1 aromatic rings. The normalized spacial score (nSPS) is 23.7. The molecule has 0 aliphatic carbocycles. The molecule has 0 bridgehead atoms. The minimum absolute atomic E-state index is 0.155. The highest BCUT2D eigenvalue weighted by molar-refractivity contribution is 5.34. The van der Waals surface area contributed by atoms with Crippen molar-refractivity contribution in [1.82, 2.24) is 0 Å². The van der Waals surface area contributed by atoms with Crippen LogP contribution in [-0.4, -0.2) is 17.1 Å². The number of epoxide rings is 1. The smallest absolute Gasteiger partial charge is 0.269 e. The summed E-state index contributed by atoms with van der Waals surface area (Å²) in [5.41, 5.74) is 1.33. The largest absolute Gasteiger partial charge is 0.370 e. The van der Waals surface area contributed by atoms with Gasteiger partial charge in [-0.25, -0.2) is 0 Å². The van der Waals surface area contributed by atoms with Gasteiger partial charge in [-0.05, 0) is 30.7 Å². The van der Waals surface area contributed by atoms with Gasteiger partial charge < -0.3 is 4.74 Å². The van der Waals surface area contributed by atoms with E-state index in [0.29, 0.717) is 18.1 Å². The van der Waals surface area contributed by atoms with Gasteiger partial charge in [0.1, 0.15) is 0 Å². The van der Waals surface area contributed by atoms with E-state index in [2.05, 4.69) is 13.8 Å². The number of ether oxygens (including phenoxy) is 1. The summed E-state index contributed by atoms with van der Waals surface area (Å²) in [4.78, 5) is 10.2. The second-order valence-electron chi connectivity index (χ2n) is 4.81. The molecule has 0 saturated carbocycles. The monoisotopic (exact) mass is 249 g/mol. The highest BCUT2D eigenvalue weighted by atomic mass is 16.6. The van der Waals surface area contributed by atoms with Crippen molar-refractivity contribution in [2.45, 2.75) is 51.2 Å². The molecular weight excluding hydrogens is 230 g/mol. The van der Waals surface area contributed by atoms with Crippen LogP contribution in [0.2, 0.25) is 0 Å². The molecular formula is C14H19NO3. The lowest BCUT2D eigenvalue weighted by Gasteiger charge is -2.13. The van der Waals surface area contributed by atoms with Crippen LogP contribution in [0.15, 0.2) is 24.3 Å². The van der Waals surface area contributed by atoms with E-state index in [0.717, 1.165) is 19.3 Å². The molecule has 0 amide bonds. The van der Waals surface area contributed by atoms with Crippen LogP contribution >= 0.6 is 0 Å². The highest BCUT2D eigenvalue weighted by Gasteiger charge is 2.38. The van der Waals surface area contributed by atoms with Crippen molar-refractivity contribution in [3.05, 3.63) is 39.9 Å². The first kappa shape index (κ1) is 13.0. The molecule has 0 spiro atoms. The lowest BCUT2D eigenvalue weighted by molar-refractivity contribution is -0.384. The van der Waals surface area contributed by atoms with E-state index in [1.807, 2.05) is 12.1 Å². The van der Waals surface area contributed by atoms with Gasteiger partial charge in [0.05, 0.1) is 17.1 Å². The first-order chi connectivity index (χ1) is 8.65. The first-order valence-corrected chi connectivity index (χ1v) is 6.55. The van der Waals surface area contributed by atoms with Crippen molar-refractivity contribution >= 4 is 5.69 Å². The Morgan fingerprint density at radius 2 is 1.94 bits per heavy atom. The standard InChI is InChI=1S/C14H19NO3/c1-3-10(9-14-13(4-2)18-14)11-5-7-12(8-6-11)15(16)17/h5-8,10,13-14H,3-4,9H2,1-2H3. The number of hydrogen-bond donors (Lipinski definition) is 0. The van der Waals surface area contributed by atoms with Crippen LogP contribution in [-0.2, 0) is 4.74 Å². The summed E-state index contributed by atoms with van der Waals surface area (Å²) < 4.78 is 5.57. The fourth-order valence-corrected chi connectivity index (χ4v) is 2.43. The first-order valence-electron chi connectivity index (χ1n) is 6.55. The molecule has 1 aliphatic heterocycles. The molecule has 1 fully saturated rings. The van der Waals surface area contributed by atoms with Crippen molar-refractivity contribution in [3.8, 4) is 0 Å². The van der Waals surface area contributed by atoms with Crippen molar-refractivity contribution in [3.63, 3.8) is 0 Å². The van der Waals surface area contributed by atoms with E-state index < -0.39 is 0 Å². The average Bonchev–Trinajstić information content (AvgIpc) is 3.14. The van der Waals surface area contributed by atoms with Crippen LogP contribution < -0.4 is 0 Å². The zero-order valence-electron chi connectivity index (χ0n) is 10.8. The van der Waals surface area contributed by atoms with Gasteiger partial charge in [0, 0.05) is 12.1 Å². The Balaban J connectivity index is 2.01. The molecule has 4 heteroatoms. The molecule has 3 atom stereocenters. The maximum atomic E-state index is 10.6. The predicted molar refractivity (Wildman–Crippen MR) is 69.7 cm³/mol. The van der Waals surface area contributed by atoms with Crippen molar-refractivity contribution < 1.29 is 9.66 Å². The molecule has 0 aromatic heterocycles. The number of hydrogen-bond acceptors (Lipinski definition) is 3. The maximum Gasteiger partial charge on any atom is 0.269 e.